The highest BCUT2D eigenvalue weighted by molar-refractivity contribution is 6.56. The molecule has 1 amide bonds. The lowest BCUT2D eigenvalue weighted by molar-refractivity contribution is -0.144. The smallest absolute Gasteiger partial charge is 0.227 e. The highest BCUT2D eigenvalue weighted by Crippen LogP contribution is 2.65. The molecule has 0 aliphatic heterocycles. The average molecular weight is 618 g/mol. The lowest BCUT2D eigenvalue weighted by Gasteiger charge is -2.63. The van der Waals surface area contributed by atoms with Crippen molar-refractivity contribution in [2.45, 2.75) is 137 Å². The third kappa shape index (κ3) is 6.26. The number of aryl methyl sites for hydroxylation is 1. The molecule has 2 saturated carbocycles. The summed E-state index contributed by atoms with van der Waals surface area (Å²) in [6.07, 6.45) is 12.1. The molecule has 1 N–H and O–H groups in total. The van der Waals surface area contributed by atoms with Crippen molar-refractivity contribution in [3.63, 3.8) is 0 Å². The standard InChI is InChI=1S/C39H61N2O2Si/c1-25(2)44(37(5,6)7)43-35-20-22-39(10)32-17-13-26(3)30(31(32)16-19-34(39)38(35,8)9)15-12-27(4)36(42)40-29-14-18-33-28(24-29)21-23-41(33)11/h14,18,21,23-25,27,31-32,34-35H,12-13,15-17,19-20,22H2,1-11H3,(H,40,42)/t27?,31-,32-,34-,35-,39+/m0/s1. The van der Waals surface area contributed by atoms with E-state index in [-0.39, 0.29) is 22.3 Å². The van der Waals surface area contributed by atoms with Crippen LogP contribution in [-0.4, -0.2) is 25.6 Å². The van der Waals surface area contributed by atoms with E-state index in [0.29, 0.717) is 28.9 Å². The van der Waals surface area contributed by atoms with Gasteiger partial charge in [0.1, 0.15) is 0 Å². The number of allylic oxidation sites excluding steroid dienone is 2. The van der Waals surface area contributed by atoms with Gasteiger partial charge in [0.15, 0.2) is 0 Å². The third-order valence-corrected chi connectivity index (χ3v) is 15.4. The molecule has 1 unspecified atom stereocenters. The number of nitrogens with one attached hydrogen (secondary N) is 1. The van der Waals surface area contributed by atoms with Crippen LogP contribution < -0.4 is 5.32 Å². The second kappa shape index (κ2) is 12.4. The molecule has 5 heteroatoms. The predicted octanol–water partition coefficient (Wildman–Crippen LogP) is 10.7. The largest absolute Gasteiger partial charge is 0.412 e. The van der Waals surface area contributed by atoms with E-state index in [0.717, 1.165) is 29.8 Å². The Morgan fingerprint density at radius 1 is 1.09 bits per heavy atom. The van der Waals surface area contributed by atoms with Crippen LogP contribution >= 0.6 is 0 Å². The van der Waals surface area contributed by atoms with Crippen molar-refractivity contribution in [2.24, 2.45) is 41.5 Å². The summed E-state index contributed by atoms with van der Waals surface area (Å²) in [5.74, 6) is 2.26. The van der Waals surface area contributed by atoms with Crippen molar-refractivity contribution in [2.75, 3.05) is 5.32 Å². The van der Waals surface area contributed by atoms with Gasteiger partial charge in [-0.15, -0.1) is 0 Å². The number of benzene rings is 1. The minimum Gasteiger partial charge on any atom is -0.412 e. The fraction of sp³-hybridized carbons (Fsp3) is 0.718. The molecule has 0 saturated heterocycles. The summed E-state index contributed by atoms with van der Waals surface area (Å²) in [4.78, 5) is 13.3. The first kappa shape index (κ1) is 33.5. The number of carbonyl (C=O) groups excluding carboxylic acids is 1. The van der Waals surface area contributed by atoms with Gasteiger partial charge < -0.3 is 14.3 Å². The second-order valence-corrected chi connectivity index (χ2v) is 20.7. The zero-order chi connectivity index (χ0) is 32.2. The van der Waals surface area contributed by atoms with Gasteiger partial charge in [0.2, 0.25) is 14.9 Å². The molecule has 1 radical (unpaired) electrons. The van der Waals surface area contributed by atoms with Gasteiger partial charge in [-0.25, -0.2) is 0 Å². The highest BCUT2D eigenvalue weighted by Gasteiger charge is 2.59. The maximum absolute atomic E-state index is 13.3. The Balaban J connectivity index is 1.25. The number of nitrogens with zero attached hydrogens (tertiary/aromatic N) is 1. The van der Waals surface area contributed by atoms with Crippen LogP contribution in [0.5, 0.6) is 0 Å². The molecule has 2 aromatic rings. The number of anilines is 1. The van der Waals surface area contributed by atoms with E-state index >= 15 is 0 Å². The van der Waals surface area contributed by atoms with E-state index in [2.05, 4.69) is 111 Å². The Kier molecular flexibility index (Phi) is 9.44. The molecule has 1 aromatic heterocycles. The number of carbonyl (C=O) groups is 1. The van der Waals surface area contributed by atoms with Crippen LogP contribution in [0.4, 0.5) is 5.69 Å². The summed E-state index contributed by atoms with van der Waals surface area (Å²) >= 11 is 0. The number of hydrogen-bond donors (Lipinski definition) is 1. The van der Waals surface area contributed by atoms with Gasteiger partial charge in [0, 0.05) is 35.8 Å². The summed E-state index contributed by atoms with van der Waals surface area (Å²) in [6.45, 7) is 24.1. The van der Waals surface area contributed by atoms with Crippen LogP contribution in [0.15, 0.2) is 41.6 Å². The van der Waals surface area contributed by atoms with Gasteiger partial charge in [-0.2, -0.15) is 0 Å². The van der Waals surface area contributed by atoms with E-state index < -0.39 is 9.04 Å². The van der Waals surface area contributed by atoms with Crippen molar-refractivity contribution in [1.82, 2.24) is 4.57 Å². The number of hydrogen-bond acceptors (Lipinski definition) is 2. The van der Waals surface area contributed by atoms with Crippen molar-refractivity contribution < 1.29 is 9.22 Å². The molecule has 0 spiro atoms. The monoisotopic (exact) mass is 617 g/mol. The predicted molar refractivity (Wildman–Crippen MR) is 188 cm³/mol. The molecule has 1 heterocycles. The zero-order valence-electron chi connectivity index (χ0n) is 29.8. The van der Waals surface area contributed by atoms with Gasteiger partial charge in [0.25, 0.3) is 0 Å². The van der Waals surface area contributed by atoms with E-state index in [4.69, 9.17) is 4.43 Å². The Bertz CT molecular complexity index is 1380. The summed E-state index contributed by atoms with van der Waals surface area (Å²) < 4.78 is 9.32. The molecule has 2 fully saturated rings. The maximum atomic E-state index is 13.3. The first-order valence-electron chi connectivity index (χ1n) is 17.6. The van der Waals surface area contributed by atoms with Crippen molar-refractivity contribution in [1.29, 1.82) is 0 Å². The molecular weight excluding hydrogens is 557 g/mol. The average Bonchev–Trinajstić information content (AvgIpc) is 3.30. The Hall–Kier alpha value is -1.85. The number of fused-ring (bicyclic) bond motifs is 4. The van der Waals surface area contributed by atoms with E-state index in [1.807, 2.05) is 6.07 Å². The molecule has 0 bridgehead atoms. The Morgan fingerprint density at radius 2 is 1.82 bits per heavy atom. The first-order chi connectivity index (χ1) is 20.5. The molecule has 6 atom stereocenters. The quantitative estimate of drug-likeness (QED) is 0.236. The lowest BCUT2D eigenvalue weighted by atomic mass is 9.43. The molecule has 3 aliphatic rings. The van der Waals surface area contributed by atoms with Crippen LogP contribution in [0.1, 0.15) is 121 Å². The van der Waals surface area contributed by atoms with Crippen LogP contribution in [0.2, 0.25) is 10.6 Å². The van der Waals surface area contributed by atoms with Gasteiger partial charge in [-0.1, -0.05) is 73.5 Å². The summed E-state index contributed by atoms with van der Waals surface area (Å²) in [5.41, 5.74) is 6.56. The molecule has 1 aromatic carbocycles. The molecule has 243 valence electrons. The maximum Gasteiger partial charge on any atom is 0.227 e. The van der Waals surface area contributed by atoms with Gasteiger partial charge in [-0.05, 0) is 122 Å². The number of rotatable bonds is 8. The first-order valence-corrected chi connectivity index (χ1v) is 19.1. The highest BCUT2D eigenvalue weighted by atomic mass is 28.3. The van der Waals surface area contributed by atoms with Crippen LogP contribution in [-0.2, 0) is 16.3 Å². The molecule has 44 heavy (non-hydrogen) atoms. The van der Waals surface area contributed by atoms with Crippen LogP contribution in [0.3, 0.4) is 0 Å². The number of amides is 1. The van der Waals surface area contributed by atoms with E-state index in [9.17, 15) is 4.79 Å². The van der Waals surface area contributed by atoms with Crippen LogP contribution in [0.25, 0.3) is 10.9 Å². The molecule has 4 nitrogen and oxygen atoms in total. The second-order valence-electron chi connectivity index (χ2n) is 17.1. The number of aromatic nitrogens is 1. The third-order valence-electron chi connectivity index (χ3n) is 12.4. The lowest BCUT2D eigenvalue weighted by Crippen LogP contribution is -2.58. The van der Waals surface area contributed by atoms with Gasteiger partial charge >= 0.3 is 0 Å². The zero-order valence-corrected chi connectivity index (χ0v) is 30.8. The minimum absolute atomic E-state index is 0.0135. The molecule has 5 rings (SSSR count). The summed E-state index contributed by atoms with van der Waals surface area (Å²) in [5, 5.41) is 4.62. The summed E-state index contributed by atoms with van der Waals surface area (Å²) in [6, 6.07) is 8.32. The van der Waals surface area contributed by atoms with E-state index in [1.165, 1.54) is 44.0 Å². The van der Waals surface area contributed by atoms with Crippen LogP contribution in [0, 0.1) is 34.5 Å². The fourth-order valence-electron chi connectivity index (χ4n) is 10.1. The molecule has 3 aliphatic carbocycles. The van der Waals surface area contributed by atoms with E-state index in [1.54, 1.807) is 11.1 Å². The molecular formula is C39H61N2O2Si. The van der Waals surface area contributed by atoms with Crippen molar-refractivity contribution in [3.8, 4) is 0 Å². The minimum atomic E-state index is -0.934. The Labute approximate surface area is 270 Å². The Morgan fingerprint density at radius 3 is 2.50 bits per heavy atom. The topological polar surface area (TPSA) is 43.3 Å². The normalized spacial score (nSPS) is 29.6. The van der Waals surface area contributed by atoms with Gasteiger partial charge in [-0.3, -0.25) is 4.79 Å². The van der Waals surface area contributed by atoms with Gasteiger partial charge in [0.05, 0.1) is 6.10 Å². The van der Waals surface area contributed by atoms with Crippen molar-refractivity contribution in [3.05, 3.63) is 41.6 Å². The summed E-state index contributed by atoms with van der Waals surface area (Å²) in [7, 11) is 1.12. The fourth-order valence-corrected chi connectivity index (χ4v) is 13.2. The van der Waals surface area contributed by atoms with Crippen molar-refractivity contribution >= 4 is 31.5 Å². The SMILES string of the molecule is CC1=C(CCC(C)C(=O)Nc2ccc3c(ccn3C)c2)[C@@H]2CC[C@H]3C(C)(C)[C@@H](O[Si](C(C)C)C(C)(C)C)CC[C@]3(C)[C@H]2CC1.